The van der Waals surface area contributed by atoms with E-state index in [1.807, 2.05) is 24.3 Å². The van der Waals surface area contributed by atoms with Gasteiger partial charge in [0, 0.05) is 36.4 Å². The quantitative estimate of drug-likeness (QED) is 0.553. The lowest BCUT2D eigenvalue weighted by molar-refractivity contribution is -0.115. The Hall–Kier alpha value is -3.15. The van der Waals surface area contributed by atoms with Crippen molar-refractivity contribution in [1.82, 2.24) is 5.43 Å². The number of anilines is 2. The highest BCUT2D eigenvalue weighted by Gasteiger charge is 2.05. The summed E-state index contributed by atoms with van der Waals surface area (Å²) in [7, 11) is 0. The fourth-order valence-corrected chi connectivity index (χ4v) is 2.54. The second kappa shape index (κ2) is 10.1. The molecule has 6 nitrogen and oxygen atoms in total. The van der Waals surface area contributed by atoms with E-state index >= 15 is 0 Å². The van der Waals surface area contributed by atoms with E-state index in [1.165, 1.54) is 0 Å². The Bertz CT molecular complexity index is 779. The van der Waals surface area contributed by atoms with Crippen LogP contribution in [0.5, 0.6) is 0 Å². The zero-order valence-electron chi connectivity index (χ0n) is 16.0. The van der Waals surface area contributed by atoms with Crippen LogP contribution in [-0.2, 0) is 4.79 Å². The first-order valence-corrected chi connectivity index (χ1v) is 9.15. The molecule has 0 atom stereocenters. The lowest BCUT2D eigenvalue weighted by atomic mass is 10.2. The molecule has 0 aliphatic carbocycles. The molecule has 0 aromatic heterocycles. The van der Waals surface area contributed by atoms with Gasteiger partial charge in [0.1, 0.15) is 0 Å². The highest BCUT2D eigenvalue weighted by atomic mass is 16.2. The van der Waals surface area contributed by atoms with Gasteiger partial charge in [0.15, 0.2) is 0 Å². The normalized spacial score (nSPS) is 10.6. The molecule has 0 heterocycles. The average molecular weight is 366 g/mol. The molecule has 0 radical (unpaired) electrons. The van der Waals surface area contributed by atoms with Crippen LogP contribution in [0.3, 0.4) is 0 Å². The van der Waals surface area contributed by atoms with Gasteiger partial charge in [-0.1, -0.05) is 19.1 Å². The predicted molar refractivity (Wildman–Crippen MR) is 110 cm³/mol. The first-order chi connectivity index (χ1) is 13.1. The van der Waals surface area contributed by atoms with Crippen LogP contribution in [-0.4, -0.2) is 31.1 Å². The van der Waals surface area contributed by atoms with Gasteiger partial charge in [-0.2, -0.15) is 5.10 Å². The fourth-order valence-electron chi connectivity index (χ4n) is 2.54. The summed E-state index contributed by atoms with van der Waals surface area (Å²) in [6.45, 7) is 7.95. The van der Waals surface area contributed by atoms with Crippen molar-refractivity contribution in [2.45, 2.75) is 27.2 Å². The fraction of sp³-hybridized carbons (Fsp3) is 0.286. The Morgan fingerprint density at radius 1 is 0.963 bits per heavy atom. The van der Waals surface area contributed by atoms with Gasteiger partial charge >= 0.3 is 0 Å². The molecule has 0 saturated carbocycles. The van der Waals surface area contributed by atoms with Gasteiger partial charge in [-0.3, -0.25) is 9.59 Å². The largest absolute Gasteiger partial charge is 0.372 e. The number of hydrogen-bond donors (Lipinski definition) is 2. The third-order valence-electron chi connectivity index (χ3n) is 4.15. The number of amides is 2. The molecule has 2 N–H and O–H groups in total. The molecule has 0 bridgehead atoms. The Labute approximate surface area is 160 Å². The number of rotatable bonds is 8. The van der Waals surface area contributed by atoms with Crippen LogP contribution in [0, 0.1) is 0 Å². The van der Waals surface area contributed by atoms with Crippen molar-refractivity contribution in [3.05, 3.63) is 59.7 Å². The van der Waals surface area contributed by atoms with Gasteiger partial charge in [0.25, 0.3) is 5.91 Å². The van der Waals surface area contributed by atoms with Crippen LogP contribution in [0.2, 0.25) is 0 Å². The average Bonchev–Trinajstić information content (AvgIpc) is 2.70. The lowest BCUT2D eigenvalue weighted by Gasteiger charge is -2.20. The first kappa shape index (κ1) is 20.2. The SMILES string of the molecule is CCC(=O)Nc1ccc(C(=O)NN=Cc2ccc(N(CC)CC)cc2)cc1. The first-order valence-electron chi connectivity index (χ1n) is 9.15. The minimum absolute atomic E-state index is 0.0659. The molecule has 0 aliphatic heterocycles. The van der Waals surface area contributed by atoms with Crippen molar-refractivity contribution < 1.29 is 9.59 Å². The second-order valence-corrected chi connectivity index (χ2v) is 5.94. The summed E-state index contributed by atoms with van der Waals surface area (Å²) in [6, 6.07) is 14.7. The smallest absolute Gasteiger partial charge is 0.271 e. The minimum atomic E-state index is -0.306. The van der Waals surface area contributed by atoms with Gasteiger partial charge in [-0.15, -0.1) is 0 Å². The molecule has 0 saturated heterocycles. The molecule has 0 aliphatic rings. The van der Waals surface area contributed by atoms with Crippen molar-refractivity contribution in [1.29, 1.82) is 0 Å². The molecule has 0 unspecified atom stereocenters. The summed E-state index contributed by atoms with van der Waals surface area (Å²) >= 11 is 0. The van der Waals surface area contributed by atoms with Gasteiger partial charge < -0.3 is 10.2 Å². The molecule has 142 valence electrons. The van der Waals surface area contributed by atoms with Gasteiger partial charge in [0.2, 0.25) is 5.91 Å². The molecular weight excluding hydrogens is 340 g/mol. The number of carbonyl (C=O) groups is 2. The molecule has 0 spiro atoms. The Balaban J connectivity index is 1.91. The monoisotopic (exact) mass is 366 g/mol. The van der Waals surface area contributed by atoms with Crippen molar-refractivity contribution in [2.75, 3.05) is 23.3 Å². The number of nitrogens with one attached hydrogen (secondary N) is 2. The van der Waals surface area contributed by atoms with E-state index in [1.54, 1.807) is 37.4 Å². The zero-order chi connectivity index (χ0) is 19.6. The van der Waals surface area contributed by atoms with Gasteiger partial charge in [0.05, 0.1) is 6.21 Å². The lowest BCUT2D eigenvalue weighted by Crippen LogP contribution is -2.21. The highest BCUT2D eigenvalue weighted by Crippen LogP contribution is 2.14. The predicted octanol–water partition coefficient (Wildman–Crippen LogP) is 3.65. The number of carbonyl (C=O) groups excluding carboxylic acids is 2. The molecule has 2 amide bonds. The molecule has 27 heavy (non-hydrogen) atoms. The summed E-state index contributed by atoms with van der Waals surface area (Å²) in [6.07, 6.45) is 2.02. The third kappa shape index (κ3) is 5.95. The third-order valence-corrected chi connectivity index (χ3v) is 4.15. The van der Waals surface area contributed by atoms with Gasteiger partial charge in [-0.25, -0.2) is 5.43 Å². The second-order valence-electron chi connectivity index (χ2n) is 5.94. The van der Waals surface area contributed by atoms with Crippen LogP contribution in [0.15, 0.2) is 53.6 Å². The van der Waals surface area contributed by atoms with Crippen molar-refractivity contribution in [3.8, 4) is 0 Å². The topological polar surface area (TPSA) is 73.8 Å². The van der Waals surface area contributed by atoms with Crippen LogP contribution < -0.4 is 15.6 Å². The van der Waals surface area contributed by atoms with Crippen LogP contribution in [0.25, 0.3) is 0 Å². The maximum absolute atomic E-state index is 12.1. The van der Waals surface area contributed by atoms with E-state index in [0.717, 1.165) is 24.3 Å². The highest BCUT2D eigenvalue weighted by molar-refractivity contribution is 5.96. The summed E-state index contributed by atoms with van der Waals surface area (Å²) in [5.74, 6) is -0.372. The minimum Gasteiger partial charge on any atom is -0.372 e. The van der Waals surface area contributed by atoms with E-state index in [-0.39, 0.29) is 11.8 Å². The van der Waals surface area contributed by atoms with E-state index < -0.39 is 0 Å². The number of hydrogen-bond acceptors (Lipinski definition) is 4. The van der Waals surface area contributed by atoms with E-state index in [0.29, 0.717) is 17.7 Å². The summed E-state index contributed by atoms with van der Waals surface area (Å²) in [5.41, 5.74) is 5.71. The van der Waals surface area contributed by atoms with Crippen molar-refractivity contribution in [2.24, 2.45) is 5.10 Å². The molecule has 0 fully saturated rings. The summed E-state index contributed by atoms with van der Waals surface area (Å²) in [4.78, 5) is 25.7. The standard InChI is InChI=1S/C21H26N4O2/c1-4-20(26)23-18-11-9-17(10-12-18)21(27)24-22-15-16-7-13-19(14-8-16)25(5-2)6-3/h7-15H,4-6H2,1-3H3,(H,23,26)(H,24,27). The molecule has 2 aromatic carbocycles. The molecular formula is C21H26N4O2. The Morgan fingerprint density at radius 2 is 1.59 bits per heavy atom. The number of nitrogens with zero attached hydrogens (tertiary/aromatic N) is 2. The van der Waals surface area contributed by atoms with Crippen molar-refractivity contribution >= 4 is 29.4 Å². The van der Waals surface area contributed by atoms with Crippen LogP contribution >= 0.6 is 0 Å². The summed E-state index contributed by atoms with van der Waals surface area (Å²) in [5, 5.41) is 6.75. The zero-order valence-corrected chi connectivity index (χ0v) is 16.0. The Kier molecular flexibility index (Phi) is 7.55. The maximum atomic E-state index is 12.1. The molecule has 2 rings (SSSR count). The van der Waals surface area contributed by atoms with Gasteiger partial charge in [-0.05, 0) is 55.8 Å². The molecule has 2 aromatic rings. The maximum Gasteiger partial charge on any atom is 0.271 e. The Morgan fingerprint density at radius 3 is 2.15 bits per heavy atom. The van der Waals surface area contributed by atoms with Crippen LogP contribution in [0.1, 0.15) is 43.1 Å². The number of benzene rings is 2. The van der Waals surface area contributed by atoms with Crippen LogP contribution in [0.4, 0.5) is 11.4 Å². The van der Waals surface area contributed by atoms with E-state index in [4.69, 9.17) is 0 Å². The summed E-state index contributed by atoms with van der Waals surface area (Å²) < 4.78 is 0. The molecule has 6 heteroatoms. The van der Waals surface area contributed by atoms with Crippen molar-refractivity contribution in [3.63, 3.8) is 0 Å². The van der Waals surface area contributed by atoms with E-state index in [9.17, 15) is 9.59 Å². The van der Waals surface area contributed by atoms with E-state index in [2.05, 4.69) is 34.6 Å². The number of hydrazone groups is 1.